The SMILES string of the molecule is CCOc1ccc(C(=O)N[C@@H](C(=O)NC[C@H](c2cccs2)[NH+](C)C)C(C)C)cc1. The molecule has 2 aromatic rings. The molecule has 1 aromatic heterocycles. The van der Waals surface area contributed by atoms with Gasteiger partial charge in [0.2, 0.25) is 5.91 Å². The molecule has 0 saturated heterocycles. The Morgan fingerprint density at radius 2 is 1.83 bits per heavy atom. The number of amides is 2. The van der Waals surface area contributed by atoms with Crippen LogP contribution in [-0.2, 0) is 4.79 Å². The molecule has 0 aliphatic carbocycles. The van der Waals surface area contributed by atoms with Crippen LogP contribution in [0.2, 0.25) is 0 Å². The molecule has 158 valence electrons. The predicted octanol–water partition coefficient (Wildman–Crippen LogP) is 1.90. The first-order chi connectivity index (χ1) is 13.8. The van der Waals surface area contributed by atoms with Crippen LogP contribution in [0.5, 0.6) is 5.75 Å². The summed E-state index contributed by atoms with van der Waals surface area (Å²) in [6, 6.07) is 10.6. The van der Waals surface area contributed by atoms with Crippen molar-refractivity contribution in [2.24, 2.45) is 5.92 Å². The van der Waals surface area contributed by atoms with Crippen LogP contribution < -0.4 is 20.3 Å². The molecule has 2 rings (SSSR count). The third-order valence-electron chi connectivity index (χ3n) is 4.73. The maximum Gasteiger partial charge on any atom is 0.251 e. The van der Waals surface area contributed by atoms with Gasteiger partial charge in [-0.1, -0.05) is 19.9 Å². The molecule has 0 radical (unpaired) electrons. The fourth-order valence-corrected chi connectivity index (χ4v) is 3.97. The van der Waals surface area contributed by atoms with Crippen LogP contribution in [-0.4, -0.2) is 45.1 Å². The van der Waals surface area contributed by atoms with Gasteiger partial charge in [0.05, 0.1) is 32.1 Å². The Morgan fingerprint density at radius 3 is 2.34 bits per heavy atom. The molecule has 1 heterocycles. The molecule has 0 unspecified atom stereocenters. The number of ether oxygens (including phenoxy) is 1. The van der Waals surface area contributed by atoms with E-state index in [4.69, 9.17) is 4.74 Å². The summed E-state index contributed by atoms with van der Waals surface area (Å²) in [7, 11) is 4.15. The summed E-state index contributed by atoms with van der Waals surface area (Å²) in [5, 5.41) is 7.95. The van der Waals surface area contributed by atoms with Gasteiger partial charge < -0.3 is 20.3 Å². The molecule has 6 nitrogen and oxygen atoms in total. The van der Waals surface area contributed by atoms with Crippen LogP contribution in [0, 0.1) is 5.92 Å². The lowest BCUT2D eigenvalue weighted by Gasteiger charge is -2.25. The highest BCUT2D eigenvalue weighted by molar-refractivity contribution is 7.10. The molecule has 29 heavy (non-hydrogen) atoms. The standard InChI is InChI=1S/C22H31N3O3S/c1-6-28-17-11-9-16(10-12-17)21(26)24-20(15(2)3)22(27)23-14-18(25(4)5)19-8-7-13-29-19/h7-13,15,18,20H,6,14H2,1-5H3,(H,23,27)(H,24,26)/p+1/t18-,20-/m1/s1. The minimum Gasteiger partial charge on any atom is -0.494 e. The third-order valence-corrected chi connectivity index (χ3v) is 5.71. The van der Waals surface area contributed by atoms with Gasteiger partial charge in [0.1, 0.15) is 17.8 Å². The summed E-state index contributed by atoms with van der Waals surface area (Å²) in [5.41, 5.74) is 0.501. The first-order valence-corrected chi connectivity index (χ1v) is 10.9. The Labute approximate surface area is 177 Å². The van der Waals surface area contributed by atoms with E-state index in [1.165, 1.54) is 9.78 Å². The number of hydrogen-bond acceptors (Lipinski definition) is 4. The average Bonchev–Trinajstić information content (AvgIpc) is 3.20. The maximum atomic E-state index is 12.8. The molecule has 1 aromatic carbocycles. The zero-order valence-corrected chi connectivity index (χ0v) is 18.6. The molecule has 2 amide bonds. The summed E-state index contributed by atoms with van der Waals surface area (Å²) in [4.78, 5) is 27.9. The highest BCUT2D eigenvalue weighted by Gasteiger charge is 2.27. The number of carbonyl (C=O) groups excluding carboxylic acids is 2. The van der Waals surface area contributed by atoms with Crippen molar-refractivity contribution in [3.63, 3.8) is 0 Å². The van der Waals surface area contributed by atoms with Crippen molar-refractivity contribution in [3.8, 4) is 5.75 Å². The summed E-state index contributed by atoms with van der Waals surface area (Å²) in [6.45, 7) is 6.85. The average molecular weight is 419 g/mol. The van der Waals surface area contributed by atoms with Crippen molar-refractivity contribution >= 4 is 23.2 Å². The quantitative estimate of drug-likeness (QED) is 0.552. The third kappa shape index (κ3) is 6.58. The Bertz CT molecular complexity index is 773. The molecule has 0 fully saturated rings. The van der Waals surface area contributed by atoms with Crippen molar-refractivity contribution in [1.29, 1.82) is 0 Å². The van der Waals surface area contributed by atoms with Crippen molar-refractivity contribution in [1.82, 2.24) is 10.6 Å². The Balaban J connectivity index is 2.00. The molecule has 3 N–H and O–H groups in total. The number of carbonyl (C=O) groups is 2. The highest BCUT2D eigenvalue weighted by Crippen LogP contribution is 2.16. The Morgan fingerprint density at radius 1 is 1.14 bits per heavy atom. The van der Waals surface area contributed by atoms with E-state index in [1.54, 1.807) is 35.6 Å². The van der Waals surface area contributed by atoms with Crippen LogP contribution in [0.1, 0.15) is 42.0 Å². The van der Waals surface area contributed by atoms with E-state index in [0.29, 0.717) is 24.5 Å². The Hall–Kier alpha value is -2.38. The molecular formula is C22H32N3O3S+. The van der Waals surface area contributed by atoms with E-state index < -0.39 is 6.04 Å². The van der Waals surface area contributed by atoms with Crippen molar-refractivity contribution in [3.05, 3.63) is 52.2 Å². The fraction of sp³-hybridized carbons (Fsp3) is 0.455. The van der Waals surface area contributed by atoms with Gasteiger partial charge in [0.15, 0.2) is 0 Å². The summed E-state index contributed by atoms with van der Waals surface area (Å²) < 4.78 is 5.41. The molecule has 0 aliphatic heterocycles. The lowest BCUT2D eigenvalue weighted by atomic mass is 10.0. The molecular weight excluding hydrogens is 386 g/mol. The normalized spacial score (nSPS) is 13.2. The first kappa shape index (κ1) is 22.9. The van der Waals surface area contributed by atoms with Crippen LogP contribution in [0.25, 0.3) is 0 Å². The monoisotopic (exact) mass is 418 g/mol. The first-order valence-electron chi connectivity index (χ1n) is 9.98. The second-order valence-electron chi connectivity index (χ2n) is 7.54. The van der Waals surface area contributed by atoms with E-state index in [9.17, 15) is 9.59 Å². The number of quaternary nitrogens is 1. The molecule has 7 heteroatoms. The number of benzene rings is 1. The lowest BCUT2D eigenvalue weighted by Crippen LogP contribution is -3.07. The minimum absolute atomic E-state index is 0.0338. The maximum absolute atomic E-state index is 12.8. The van der Waals surface area contributed by atoms with Crippen LogP contribution >= 0.6 is 11.3 Å². The van der Waals surface area contributed by atoms with Crippen LogP contribution in [0.3, 0.4) is 0 Å². The van der Waals surface area contributed by atoms with E-state index in [1.807, 2.05) is 32.2 Å². The number of thiophene rings is 1. The van der Waals surface area contributed by atoms with Crippen molar-refractivity contribution in [2.75, 3.05) is 27.2 Å². The molecule has 0 saturated carbocycles. The van der Waals surface area contributed by atoms with E-state index >= 15 is 0 Å². The summed E-state index contributed by atoms with van der Waals surface area (Å²) in [6.07, 6.45) is 0. The predicted molar refractivity (Wildman–Crippen MR) is 117 cm³/mol. The zero-order valence-electron chi connectivity index (χ0n) is 17.8. The second-order valence-corrected chi connectivity index (χ2v) is 8.52. The molecule has 2 atom stereocenters. The number of rotatable bonds is 10. The Kier molecular flexibility index (Phi) is 8.67. The van der Waals surface area contributed by atoms with Gasteiger partial charge in [-0.25, -0.2) is 0 Å². The van der Waals surface area contributed by atoms with Gasteiger partial charge in [0.25, 0.3) is 5.91 Å². The topological polar surface area (TPSA) is 71.9 Å². The molecule has 0 bridgehead atoms. The van der Waals surface area contributed by atoms with Gasteiger partial charge in [-0.2, -0.15) is 0 Å². The van der Waals surface area contributed by atoms with Crippen molar-refractivity contribution < 1.29 is 19.2 Å². The highest BCUT2D eigenvalue weighted by atomic mass is 32.1. The smallest absolute Gasteiger partial charge is 0.251 e. The van der Waals surface area contributed by atoms with Gasteiger partial charge in [-0.05, 0) is 48.6 Å². The minimum atomic E-state index is -0.602. The summed E-state index contributed by atoms with van der Waals surface area (Å²) in [5.74, 6) is 0.249. The lowest BCUT2D eigenvalue weighted by molar-refractivity contribution is -0.890. The van der Waals surface area contributed by atoms with E-state index in [0.717, 1.165) is 0 Å². The van der Waals surface area contributed by atoms with Gasteiger partial charge in [0, 0.05) is 5.56 Å². The summed E-state index contributed by atoms with van der Waals surface area (Å²) >= 11 is 1.69. The van der Waals surface area contributed by atoms with Crippen LogP contribution in [0.15, 0.2) is 41.8 Å². The zero-order chi connectivity index (χ0) is 21.4. The fourth-order valence-electron chi connectivity index (χ4n) is 3.02. The van der Waals surface area contributed by atoms with E-state index in [-0.39, 0.29) is 23.8 Å². The van der Waals surface area contributed by atoms with Crippen molar-refractivity contribution in [2.45, 2.75) is 32.9 Å². The van der Waals surface area contributed by atoms with Gasteiger partial charge in [-0.3, -0.25) is 9.59 Å². The van der Waals surface area contributed by atoms with E-state index in [2.05, 4.69) is 30.8 Å². The van der Waals surface area contributed by atoms with Gasteiger partial charge >= 0.3 is 0 Å². The molecule has 0 aliphatic rings. The largest absolute Gasteiger partial charge is 0.494 e. The van der Waals surface area contributed by atoms with Crippen LogP contribution in [0.4, 0.5) is 0 Å². The van der Waals surface area contributed by atoms with Gasteiger partial charge in [-0.15, -0.1) is 11.3 Å². The number of hydrogen-bond donors (Lipinski definition) is 3. The number of nitrogens with one attached hydrogen (secondary N) is 3. The molecule has 0 spiro atoms. The second kappa shape index (κ2) is 11.0. The number of likely N-dealkylation sites (N-methyl/N-ethyl adjacent to an activating group) is 1.